The molecule has 0 aliphatic carbocycles. The van der Waals surface area contributed by atoms with Crippen molar-refractivity contribution in [3.05, 3.63) is 53.9 Å². The van der Waals surface area contributed by atoms with Crippen LogP contribution >= 0.6 is 0 Å². The second kappa shape index (κ2) is 10.6. The molecule has 170 valence electrons. The average Bonchev–Trinajstić information content (AvgIpc) is 3.23. The van der Waals surface area contributed by atoms with Crippen LogP contribution in [0.2, 0.25) is 0 Å². The minimum absolute atomic E-state index is 0.0153. The third kappa shape index (κ3) is 6.44. The summed E-state index contributed by atoms with van der Waals surface area (Å²) in [4.78, 5) is 41.3. The highest BCUT2D eigenvalue weighted by Gasteiger charge is 2.16. The van der Waals surface area contributed by atoms with Gasteiger partial charge in [0.25, 0.3) is 5.91 Å². The Hall–Kier alpha value is -4.59. The van der Waals surface area contributed by atoms with E-state index < -0.39 is 24.1 Å². The third-order valence-corrected chi connectivity index (χ3v) is 4.86. The molecule has 3 amide bonds. The molecule has 1 aromatic heterocycles. The average molecular weight is 450 g/mol. The molecule has 6 N–H and O–H groups in total. The summed E-state index contributed by atoms with van der Waals surface area (Å²) in [5.74, 6) is -0.422. The number of aromatic amines is 1. The number of benzene rings is 2. The first-order valence-corrected chi connectivity index (χ1v) is 10.1. The van der Waals surface area contributed by atoms with Gasteiger partial charge >= 0.3 is 12.2 Å². The van der Waals surface area contributed by atoms with Crippen molar-refractivity contribution in [1.29, 1.82) is 5.26 Å². The summed E-state index contributed by atoms with van der Waals surface area (Å²) in [6.07, 6.45) is -1.67. The lowest BCUT2D eigenvalue weighted by Crippen LogP contribution is -2.43. The molecule has 1 heterocycles. The van der Waals surface area contributed by atoms with E-state index in [0.29, 0.717) is 29.4 Å². The Morgan fingerprint density at radius 2 is 1.85 bits per heavy atom. The van der Waals surface area contributed by atoms with Crippen LogP contribution < -0.4 is 16.0 Å². The number of imidazole rings is 1. The summed E-state index contributed by atoms with van der Waals surface area (Å²) in [7, 11) is 0. The van der Waals surface area contributed by atoms with Crippen LogP contribution in [0.25, 0.3) is 22.2 Å². The van der Waals surface area contributed by atoms with E-state index >= 15 is 0 Å². The quantitative estimate of drug-likeness (QED) is 0.271. The molecular weight excluding hydrogens is 428 g/mol. The van der Waals surface area contributed by atoms with Gasteiger partial charge in [0, 0.05) is 19.1 Å². The smallest absolute Gasteiger partial charge is 0.404 e. The van der Waals surface area contributed by atoms with Crippen LogP contribution in [0.5, 0.6) is 0 Å². The Labute approximate surface area is 188 Å². The number of amides is 3. The van der Waals surface area contributed by atoms with Gasteiger partial charge in [-0.3, -0.25) is 4.79 Å². The van der Waals surface area contributed by atoms with Crippen LogP contribution in [0, 0.1) is 11.3 Å². The Morgan fingerprint density at radius 1 is 1.06 bits per heavy atom. The number of carboxylic acid groups (broad SMARTS) is 2. The zero-order chi connectivity index (χ0) is 23.8. The number of carbonyl (C=O) groups is 3. The Kier molecular flexibility index (Phi) is 7.43. The van der Waals surface area contributed by atoms with E-state index in [0.717, 1.165) is 11.1 Å². The number of H-pyrrole nitrogens is 1. The number of aromatic nitrogens is 2. The van der Waals surface area contributed by atoms with Crippen molar-refractivity contribution < 1.29 is 24.6 Å². The van der Waals surface area contributed by atoms with E-state index in [1.807, 2.05) is 18.2 Å². The fraction of sp³-hybridized carbons (Fsp3) is 0.227. The summed E-state index contributed by atoms with van der Waals surface area (Å²) < 4.78 is 0. The first-order chi connectivity index (χ1) is 15.9. The molecule has 33 heavy (non-hydrogen) atoms. The molecule has 1 atom stereocenters. The normalized spacial score (nSPS) is 11.4. The van der Waals surface area contributed by atoms with Gasteiger partial charge in [0.05, 0.1) is 22.7 Å². The number of hydrogen-bond donors (Lipinski definition) is 6. The highest BCUT2D eigenvalue weighted by molar-refractivity contribution is 5.95. The van der Waals surface area contributed by atoms with E-state index in [2.05, 4.69) is 32.0 Å². The fourth-order valence-corrected chi connectivity index (χ4v) is 3.31. The summed E-state index contributed by atoms with van der Waals surface area (Å²) in [5.41, 5.74) is 3.48. The second-order valence-corrected chi connectivity index (χ2v) is 7.24. The standard InChI is InChI=1S/C22H22N6O5/c23-11-13-3-1-4-14(9-13)15-6-7-17-18(10-15)28-19(27-17)20(29)25-12-16(26-22(32)33)5-2-8-24-21(30)31/h1,3-4,6-7,9-10,16,24,26H,2,5,8,12H2,(H,25,29)(H,27,28)(H,30,31)(H,32,33)/t16-/m0/s1. The Morgan fingerprint density at radius 3 is 2.58 bits per heavy atom. The van der Waals surface area contributed by atoms with Gasteiger partial charge in [0.15, 0.2) is 5.82 Å². The van der Waals surface area contributed by atoms with Gasteiger partial charge in [-0.25, -0.2) is 14.6 Å². The van der Waals surface area contributed by atoms with Crippen LogP contribution in [0.1, 0.15) is 29.0 Å². The van der Waals surface area contributed by atoms with Crippen molar-refractivity contribution in [2.75, 3.05) is 13.1 Å². The van der Waals surface area contributed by atoms with E-state index in [1.54, 1.807) is 24.3 Å². The zero-order valence-electron chi connectivity index (χ0n) is 17.5. The van der Waals surface area contributed by atoms with Crippen molar-refractivity contribution in [3.63, 3.8) is 0 Å². The number of nitrogens with one attached hydrogen (secondary N) is 4. The van der Waals surface area contributed by atoms with Crippen LogP contribution in [-0.2, 0) is 0 Å². The lowest BCUT2D eigenvalue weighted by atomic mass is 10.0. The maximum absolute atomic E-state index is 12.6. The molecule has 0 unspecified atom stereocenters. The number of hydrogen-bond acceptors (Lipinski definition) is 5. The first kappa shape index (κ1) is 23.1. The van der Waals surface area contributed by atoms with Crippen molar-refractivity contribution in [2.45, 2.75) is 18.9 Å². The second-order valence-electron chi connectivity index (χ2n) is 7.24. The third-order valence-electron chi connectivity index (χ3n) is 4.86. The van der Waals surface area contributed by atoms with Gasteiger partial charge in [-0.2, -0.15) is 5.26 Å². The highest BCUT2D eigenvalue weighted by Crippen LogP contribution is 2.24. The highest BCUT2D eigenvalue weighted by atomic mass is 16.4. The molecule has 2 aromatic carbocycles. The minimum Gasteiger partial charge on any atom is -0.465 e. The monoisotopic (exact) mass is 450 g/mol. The van der Waals surface area contributed by atoms with E-state index in [9.17, 15) is 14.4 Å². The van der Waals surface area contributed by atoms with Crippen molar-refractivity contribution in [1.82, 2.24) is 25.9 Å². The molecule has 0 aliphatic rings. The number of fused-ring (bicyclic) bond motifs is 1. The maximum Gasteiger partial charge on any atom is 0.404 e. The fourth-order valence-electron chi connectivity index (χ4n) is 3.31. The number of nitriles is 1. The van der Waals surface area contributed by atoms with E-state index in [1.165, 1.54) is 0 Å². The number of carbonyl (C=O) groups excluding carboxylic acids is 1. The summed E-state index contributed by atoms with van der Waals surface area (Å²) in [5, 5.41) is 33.8. The van der Waals surface area contributed by atoms with Crippen LogP contribution in [0.15, 0.2) is 42.5 Å². The molecule has 3 aromatic rings. The summed E-state index contributed by atoms with van der Waals surface area (Å²) in [6.45, 7) is 0.186. The van der Waals surface area contributed by atoms with Crippen molar-refractivity contribution in [3.8, 4) is 17.2 Å². The van der Waals surface area contributed by atoms with Gasteiger partial charge in [-0.05, 0) is 48.2 Å². The molecule has 0 bridgehead atoms. The molecule has 0 aliphatic heterocycles. The molecule has 11 heteroatoms. The molecule has 0 radical (unpaired) electrons. The topological polar surface area (TPSA) is 180 Å². The molecule has 11 nitrogen and oxygen atoms in total. The molecule has 3 rings (SSSR count). The SMILES string of the molecule is N#Cc1cccc(-c2ccc3nc(C(=O)NC[C@H](CCCNC(=O)O)NC(=O)O)[nH]c3c2)c1. The predicted octanol–water partition coefficient (Wildman–Crippen LogP) is 2.52. The van der Waals surface area contributed by atoms with Crippen molar-refractivity contribution >= 4 is 29.1 Å². The van der Waals surface area contributed by atoms with Gasteiger partial charge in [0.2, 0.25) is 0 Å². The van der Waals surface area contributed by atoms with Crippen LogP contribution in [0.3, 0.4) is 0 Å². The molecule has 0 spiro atoms. The van der Waals surface area contributed by atoms with Gasteiger partial charge in [-0.1, -0.05) is 18.2 Å². The summed E-state index contributed by atoms with van der Waals surface area (Å²) in [6, 6.07) is 14.1. The van der Waals surface area contributed by atoms with Gasteiger partial charge < -0.3 is 31.1 Å². The van der Waals surface area contributed by atoms with E-state index in [4.69, 9.17) is 15.5 Å². The molecular formula is C22H22N6O5. The largest absolute Gasteiger partial charge is 0.465 e. The Bertz CT molecular complexity index is 1220. The zero-order valence-corrected chi connectivity index (χ0v) is 17.5. The molecule has 0 saturated carbocycles. The number of rotatable bonds is 9. The predicted molar refractivity (Wildman–Crippen MR) is 119 cm³/mol. The van der Waals surface area contributed by atoms with Crippen LogP contribution in [-0.4, -0.2) is 57.4 Å². The molecule has 0 saturated heterocycles. The lowest BCUT2D eigenvalue weighted by Gasteiger charge is -2.17. The first-order valence-electron chi connectivity index (χ1n) is 10.1. The van der Waals surface area contributed by atoms with Crippen molar-refractivity contribution in [2.24, 2.45) is 0 Å². The minimum atomic E-state index is -1.24. The summed E-state index contributed by atoms with van der Waals surface area (Å²) >= 11 is 0. The Balaban J connectivity index is 1.66. The van der Waals surface area contributed by atoms with E-state index in [-0.39, 0.29) is 18.9 Å². The number of nitrogens with zero attached hydrogens (tertiary/aromatic N) is 2. The maximum atomic E-state index is 12.6. The van der Waals surface area contributed by atoms with Gasteiger partial charge in [0.1, 0.15) is 0 Å². The lowest BCUT2D eigenvalue weighted by molar-refractivity contribution is 0.0938. The van der Waals surface area contributed by atoms with Crippen LogP contribution in [0.4, 0.5) is 9.59 Å². The van der Waals surface area contributed by atoms with Gasteiger partial charge in [-0.15, -0.1) is 0 Å². The molecule has 0 fully saturated rings.